The maximum absolute atomic E-state index is 11.9. The quantitative estimate of drug-likeness (QED) is 0.799. The molecule has 0 aliphatic carbocycles. The van der Waals surface area contributed by atoms with E-state index in [-0.39, 0.29) is 6.03 Å². The molecule has 0 unspecified atom stereocenters. The summed E-state index contributed by atoms with van der Waals surface area (Å²) in [5.41, 5.74) is 4.45. The zero-order valence-corrected chi connectivity index (χ0v) is 13.4. The number of hydrogen-bond donors (Lipinski definition) is 2. The van der Waals surface area contributed by atoms with E-state index in [2.05, 4.69) is 29.7 Å². The summed E-state index contributed by atoms with van der Waals surface area (Å²) in [5, 5.41) is 5.75. The first-order valence-electron chi connectivity index (χ1n) is 7.87. The number of urea groups is 1. The molecule has 2 rings (SSSR count). The summed E-state index contributed by atoms with van der Waals surface area (Å²) in [7, 11) is 0. The van der Waals surface area contributed by atoms with Gasteiger partial charge in [-0.15, -0.1) is 0 Å². The number of nitrogens with one attached hydrogen (secondary N) is 2. The largest absolute Gasteiger partial charge is 0.334 e. The van der Waals surface area contributed by atoms with Crippen molar-refractivity contribution in [3.05, 3.63) is 65.2 Å². The van der Waals surface area contributed by atoms with Crippen molar-refractivity contribution in [1.29, 1.82) is 0 Å². The van der Waals surface area contributed by atoms with E-state index in [1.165, 1.54) is 24.0 Å². The molecule has 0 saturated carbocycles. The second-order valence-electron chi connectivity index (χ2n) is 5.53. The first kappa shape index (κ1) is 16.1. The average Bonchev–Trinajstić information content (AvgIpc) is 2.53. The molecule has 3 nitrogen and oxygen atoms in total. The minimum absolute atomic E-state index is 0.176. The highest BCUT2D eigenvalue weighted by atomic mass is 16.2. The van der Waals surface area contributed by atoms with Gasteiger partial charge in [-0.25, -0.2) is 4.79 Å². The van der Waals surface area contributed by atoms with Crippen LogP contribution >= 0.6 is 0 Å². The molecule has 116 valence electrons. The SMILES string of the molecule is CCCCc1ccc(NC(=O)NCc2ccccc2C)cc1. The topological polar surface area (TPSA) is 41.1 Å². The normalized spacial score (nSPS) is 10.3. The molecular weight excluding hydrogens is 272 g/mol. The Kier molecular flexibility index (Phi) is 6.01. The van der Waals surface area contributed by atoms with Gasteiger partial charge in [0.25, 0.3) is 0 Å². The van der Waals surface area contributed by atoms with Gasteiger partial charge in [-0.05, 0) is 48.6 Å². The molecule has 0 radical (unpaired) electrons. The van der Waals surface area contributed by atoms with Crippen molar-refractivity contribution in [3.8, 4) is 0 Å². The fourth-order valence-corrected chi connectivity index (χ4v) is 2.29. The predicted molar refractivity (Wildman–Crippen MR) is 92.1 cm³/mol. The standard InChI is InChI=1S/C19H24N2O/c1-3-4-8-16-10-12-18(13-11-16)21-19(22)20-14-17-9-6-5-7-15(17)2/h5-7,9-13H,3-4,8,14H2,1-2H3,(H2,20,21,22). The van der Waals surface area contributed by atoms with Crippen LogP contribution in [0.5, 0.6) is 0 Å². The Hall–Kier alpha value is -2.29. The van der Waals surface area contributed by atoms with Crippen molar-refractivity contribution in [3.63, 3.8) is 0 Å². The number of carbonyl (C=O) groups is 1. The van der Waals surface area contributed by atoms with Crippen LogP contribution < -0.4 is 10.6 Å². The van der Waals surface area contributed by atoms with Gasteiger partial charge in [0.1, 0.15) is 0 Å². The molecule has 0 heterocycles. The van der Waals surface area contributed by atoms with Gasteiger partial charge >= 0.3 is 6.03 Å². The van der Waals surface area contributed by atoms with Gasteiger partial charge in [0.15, 0.2) is 0 Å². The molecule has 22 heavy (non-hydrogen) atoms. The van der Waals surface area contributed by atoms with Crippen molar-refractivity contribution in [2.75, 3.05) is 5.32 Å². The third-order valence-electron chi connectivity index (χ3n) is 3.73. The number of hydrogen-bond acceptors (Lipinski definition) is 1. The fourth-order valence-electron chi connectivity index (χ4n) is 2.29. The van der Waals surface area contributed by atoms with Crippen LogP contribution in [0.15, 0.2) is 48.5 Å². The second kappa shape index (κ2) is 8.23. The second-order valence-corrected chi connectivity index (χ2v) is 5.53. The minimum atomic E-state index is -0.176. The van der Waals surface area contributed by atoms with Crippen LogP contribution in [0.2, 0.25) is 0 Å². The van der Waals surface area contributed by atoms with Crippen molar-refractivity contribution in [2.24, 2.45) is 0 Å². The molecule has 0 spiro atoms. The monoisotopic (exact) mass is 296 g/mol. The number of anilines is 1. The van der Waals surface area contributed by atoms with Gasteiger partial charge in [0.05, 0.1) is 0 Å². The van der Waals surface area contributed by atoms with Crippen molar-refractivity contribution < 1.29 is 4.79 Å². The zero-order valence-electron chi connectivity index (χ0n) is 13.4. The van der Waals surface area contributed by atoms with Gasteiger partial charge in [-0.3, -0.25) is 0 Å². The predicted octanol–water partition coefficient (Wildman–Crippen LogP) is 4.66. The smallest absolute Gasteiger partial charge is 0.319 e. The number of carbonyl (C=O) groups excluding carboxylic acids is 1. The molecular formula is C19H24N2O. The highest BCUT2D eigenvalue weighted by Crippen LogP contribution is 2.12. The molecule has 2 aromatic carbocycles. The fraction of sp³-hybridized carbons (Fsp3) is 0.316. The molecule has 2 N–H and O–H groups in total. The summed E-state index contributed by atoms with van der Waals surface area (Å²) >= 11 is 0. The van der Waals surface area contributed by atoms with Crippen LogP contribution in [0.25, 0.3) is 0 Å². The molecule has 0 bridgehead atoms. The highest BCUT2D eigenvalue weighted by Gasteiger charge is 2.03. The van der Waals surface area contributed by atoms with Gasteiger partial charge in [-0.2, -0.15) is 0 Å². The Balaban J connectivity index is 1.83. The van der Waals surface area contributed by atoms with Crippen LogP contribution in [0.3, 0.4) is 0 Å². The summed E-state index contributed by atoms with van der Waals surface area (Å²) in [6.07, 6.45) is 3.49. The van der Waals surface area contributed by atoms with Gasteiger partial charge < -0.3 is 10.6 Å². The number of amides is 2. The van der Waals surface area contributed by atoms with E-state index in [9.17, 15) is 4.79 Å². The molecule has 2 amide bonds. The number of unbranched alkanes of at least 4 members (excludes halogenated alkanes) is 1. The van der Waals surface area contributed by atoms with E-state index in [1.54, 1.807) is 0 Å². The minimum Gasteiger partial charge on any atom is -0.334 e. The zero-order chi connectivity index (χ0) is 15.8. The first-order valence-corrected chi connectivity index (χ1v) is 7.87. The lowest BCUT2D eigenvalue weighted by Gasteiger charge is -2.10. The van der Waals surface area contributed by atoms with E-state index in [0.29, 0.717) is 6.54 Å². The lowest BCUT2D eigenvalue weighted by molar-refractivity contribution is 0.251. The van der Waals surface area contributed by atoms with Crippen LogP contribution in [-0.4, -0.2) is 6.03 Å². The summed E-state index contributed by atoms with van der Waals surface area (Å²) < 4.78 is 0. The maximum Gasteiger partial charge on any atom is 0.319 e. The van der Waals surface area contributed by atoms with Crippen LogP contribution in [-0.2, 0) is 13.0 Å². The number of aryl methyl sites for hydroxylation is 2. The third kappa shape index (κ3) is 4.92. The molecule has 0 saturated heterocycles. The van der Waals surface area contributed by atoms with Crippen molar-refractivity contribution >= 4 is 11.7 Å². The number of benzene rings is 2. The summed E-state index contributed by atoms with van der Waals surface area (Å²) in [4.78, 5) is 11.9. The lowest BCUT2D eigenvalue weighted by atomic mass is 10.1. The molecule has 0 atom stereocenters. The van der Waals surface area contributed by atoms with Gasteiger partial charge in [0, 0.05) is 12.2 Å². The Labute approximate surface area is 132 Å². The summed E-state index contributed by atoms with van der Waals surface area (Å²) in [5.74, 6) is 0. The van der Waals surface area contributed by atoms with Gasteiger partial charge in [0.2, 0.25) is 0 Å². The van der Waals surface area contributed by atoms with Crippen LogP contribution in [0.4, 0.5) is 10.5 Å². The van der Waals surface area contributed by atoms with Crippen molar-refractivity contribution in [1.82, 2.24) is 5.32 Å². The highest BCUT2D eigenvalue weighted by molar-refractivity contribution is 5.89. The average molecular weight is 296 g/mol. The Bertz CT molecular complexity index is 605. The van der Waals surface area contributed by atoms with Crippen molar-refractivity contribution in [2.45, 2.75) is 39.7 Å². The number of rotatable bonds is 6. The van der Waals surface area contributed by atoms with Crippen LogP contribution in [0, 0.1) is 6.92 Å². The van der Waals surface area contributed by atoms with E-state index in [4.69, 9.17) is 0 Å². The van der Waals surface area contributed by atoms with E-state index in [1.807, 2.05) is 43.3 Å². The Morgan fingerprint density at radius 1 is 1.05 bits per heavy atom. The molecule has 3 heteroatoms. The van der Waals surface area contributed by atoms with E-state index >= 15 is 0 Å². The molecule has 0 aromatic heterocycles. The molecule has 0 aliphatic heterocycles. The third-order valence-corrected chi connectivity index (χ3v) is 3.73. The molecule has 0 fully saturated rings. The first-order chi connectivity index (χ1) is 10.7. The van der Waals surface area contributed by atoms with E-state index in [0.717, 1.165) is 17.7 Å². The maximum atomic E-state index is 11.9. The summed E-state index contributed by atoms with van der Waals surface area (Å²) in [6.45, 7) is 4.77. The molecule has 0 aliphatic rings. The Morgan fingerprint density at radius 2 is 1.77 bits per heavy atom. The van der Waals surface area contributed by atoms with Crippen LogP contribution in [0.1, 0.15) is 36.5 Å². The Morgan fingerprint density at radius 3 is 2.45 bits per heavy atom. The summed E-state index contributed by atoms with van der Waals surface area (Å²) in [6, 6.07) is 15.9. The van der Waals surface area contributed by atoms with E-state index < -0.39 is 0 Å². The molecule has 2 aromatic rings. The van der Waals surface area contributed by atoms with Gasteiger partial charge in [-0.1, -0.05) is 49.7 Å². The lowest BCUT2D eigenvalue weighted by Crippen LogP contribution is -2.28.